The molecule has 1 atom stereocenters. The van der Waals surface area contributed by atoms with Gasteiger partial charge in [-0.1, -0.05) is 13.5 Å². The molecule has 0 aliphatic rings. The van der Waals surface area contributed by atoms with Gasteiger partial charge in [0.15, 0.2) is 0 Å². The zero-order valence-electron chi connectivity index (χ0n) is 20.7. The summed E-state index contributed by atoms with van der Waals surface area (Å²) in [7, 11) is 1.73. The van der Waals surface area contributed by atoms with Gasteiger partial charge in [-0.25, -0.2) is 0 Å². The Bertz CT molecular complexity index is 1020. The monoisotopic (exact) mass is 465 g/mol. The van der Waals surface area contributed by atoms with Gasteiger partial charge >= 0.3 is 0 Å². The number of hydrogen-bond donors (Lipinski definition) is 2. The molecule has 8 heteroatoms. The quantitative estimate of drug-likeness (QED) is 0.465. The molecule has 182 valence electrons. The Balaban J connectivity index is 2.03. The van der Waals surface area contributed by atoms with Crippen molar-refractivity contribution in [2.45, 2.75) is 34.1 Å². The van der Waals surface area contributed by atoms with Crippen LogP contribution in [-0.2, 0) is 4.79 Å². The maximum Gasteiger partial charge on any atom is 0.255 e. The van der Waals surface area contributed by atoms with Crippen LogP contribution in [0.25, 0.3) is 0 Å². The molecule has 1 unspecified atom stereocenters. The van der Waals surface area contributed by atoms with Crippen molar-refractivity contribution in [3.63, 3.8) is 0 Å². The zero-order valence-corrected chi connectivity index (χ0v) is 20.7. The first-order chi connectivity index (χ1) is 16.2. The molecule has 1 aromatic heterocycles. The largest absolute Gasteiger partial charge is 0.359 e. The third-order valence-corrected chi connectivity index (χ3v) is 5.53. The minimum Gasteiger partial charge on any atom is -0.359 e. The van der Waals surface area contributed by atoms with Gasteiger partial charge in [0.25, 0.3) is 11.8 Å². The average Bonchev–Trinajstić information content (AvgIpc) is 2.83. The molecular weight excluding hydrogens is 430 g/mol. The molecule has 0 saturated carbocycles. The lowest BCUT2D eigenvalue weighted by atomic mass is 10.0. The highest BCUT2D eigenvalue weighted by molar-refractivity contribution is 6.02. The topological polar surface area (TPSA) is 94.6 Å². The van der Waals surface area contributed by atoms with E-state index in [9.17, 15) is 14.4 Å². The normalized spacial score (nSPS) is 11.3. The van der Waals surface area contributed by atoms with Crippen LogP contribution in [0.4, 0.5) is 11.4 Å². The first kappa shape index (κ1) is 26.6. The van der Waals surface area contributed by atoms with E-state index in [4.69, 9.17) is 0 Å². The van der Waals surface area contributed by atoms with Gasteiger partial charge in [0.1, 0.15) is 0 Å². The van der Waals surface area contributed by atoms with Gasteiger partial charge in [-0.3, -0.25) is 19.4 Å². The molecule has 1 aromatic carbocycles. The predicted molar refractivity (Wildman–Crippen MR) is 136 cm³/mol. The van der Waals surface area contributed by atoms with E-state index in [1.54, 1.807) is 36.3 Å². The van der Waals surface area contributed by atoms with Crippen molar-refractivity contribution in [2.75, 3.05) is 36.9 Å². The second-order valence-corrected chi connectivity index (χ2v) is 8.38. The number of carbonyl (C=O) groups excluding carboxylic acids is 3. The van der Waals surface area contributed by atoms with Crippen molar-refractivity contribution in [2.24, 2.45) is 5.92 Å². The van der Waals surface area contributed by atoms with E-state index in [0.717, 1.165) is 17.8 Å². The number of rotatable bonds is 12. The minimum absolute atomic E-state index is 0.139. The maximum atomic E-state index is 12.9. The van der Waals surface area contributed by atoms with Crippen LogP contribution in [0, 0.1) is 12.8 Å². The SMILES string of the molecule is C=C(CC(C)CNC(=O)c1ccc(C)nc1)Nc1ccc(N(C=O)CC)c(C(=O)N(C)CC)c1. The molecule has 1 heterocycles. The van der Waals surface area contributed by atoms with E-state index < -0.39 is 0 Å². The molecule has 0 saturated heterocycles. The van der Waals surface area contributed by atoms with Crippen LogP contribution in [0.2, 0.25) is 0 Å². The van der Waals surface area contributed by atoms with Crippen molar-refractivity contribution in [1.82, 2.24) is 15.2 Å². The van der Waals surface area contributed by atoms with Crippen LogP contribution >= 0.6 is 0 Å². The highest BCUT2D eigenvalue weighted by atomic mass is 16.2. The average molecular weight is 466 g/mol. The lowest BCUT2D eigenvalue weighted by molar-refractivity contribution is -0.107. The Labute approximate surface area is 202 Å². The second kappa shape index (κ2) is 12.5. The number of amides is 3. The van der Waals surface area contributed by atoms with E-state index in [-0.39, 0.29) is 17.7 Å². The molecule has 0 aliphatic carbocycles. The smallest absolute Gasteiger partial charge is 0.255 e. The number of aromatic nitrogens is 1. The third kappa shape index (κ3) is 7.16. The summed E-state index contributed by atoms with van der Waals surface area (Å²) in [4.78, 5) is 44.0. The Kier molecular flexibility index (Phi) is 9.79. The molecule has 8 nitrogen and oxygen atoms in total. The van der Waals surface area contributed by atoms with Crippen LogP contribution in [0.15, 0.2) is 48.8 Å². The zero-order chi connectivity index (χ0) is 25.3. The predicted octanol–water partition coefficient (Wildman–Crippen LogP) is 3.85. The summed E-state index contributed by atoms with van der Waals surface area (Å²) in [5.41, 5.74) is 3.88. The number of nitrogens with one attached hydrogen (secondary N) is 2. The van der Waals surface area contributed by atoms with E-state index >= 15 is 0 Å². The third-order valence-electron chi connectivity index (χ3n) is 5.53. The van der Waals surface area contributed by atoms with Gasteiger partial charge < -0.3 is 20.4 Å². The van der Waals surface area contributed by atoms with Gasteiger partial charge in [-0.05, 0) is 63.4 Å². The summed E-state index contributed by atoms with van der Waals surface area (Å²) in [5, 5.41) is 6.18. The first-order valence-corrected chi connectivity index (χ1v) is 11.5. The van der Waals surface area contributed by atoms with Crippen LogP contribution in [0.5, 0.6) is 0 Å². The fraction of sp³-hybridized carbons (Fsp3) is 0.385. The fourth-order valence-electron chi connectivity index (χ4n) is 3.41. The number of nitrogens with zero attached hydrogens (tertiary/aromatic N) is 3. The van der Waals surface area contributed by atoms with E-state index in [1.165, 1.54) is 4.90 Å². The standard InChI is InChI=1S/C26H35N5O3/c1-7-30(6)26(34)23-14-22(11-12-24(23)31(8-2)17-32)29-20(5)13-18(3)15-28-25(33)21-10-9-19(4)27-16-21/h9-12,14,16-18,29H,5,7-8,13,15H2,1-4,6H3,(H,28,33). The minimum atomic E-state index is -0.160. The molecule has 2 aromatic rings. The Morgan fingerprint density at radius 3 is 2.50 bits per heavy atom. The Morgan fingerprint density at radius 2 is 1.91 bits per heavy atom. The van der Waals surface area contributed by atoms with Gasteiger partial charge in [0.2, 0.25) is 6.41 Å². The molecule has 0 radical (unpaired) electrons. The van der Waals surface area contributed by atoms with Crippen molar-refractivity contribution >= 4 is 29.6 Å². The number of benzene rings is 1. The van der Waals surface area contributed by atoms with Crippen LogP contribution in [0.1, 0.15) is 53.6 Å². The first-order valence-electron chi connectivity index (χ1n) is 11.5. The molecule has 0 spiro atoms. The molecule has 0 bridgehead atoms. The van der Waals surface area contributed by atoms with Gasteiger partial charge in [-0.2, -0.15) is 0 Å². The summed E-state index contributed by atoms with van der Waals surface area (Å²) < 4.78 is 0. The molecule has 2 N–H and O–H groups in total. The fourth-order valence-corrected chi connectivity index (χ4v) is 3.41. The van der Waals surface area contributed by atoms with E-state index in [1.807, 2.05) is 39.8 Å². The van der Waals surface area contributed by atoms with Crippen molar-refractivity contribution in [1.29, 1.82) is 0 Å². The Morgan fingerprint density at radius 1 is 1.18 bits per heavy atom. The molecule has 34 heavy (non-hydrogen) atoms. The highest BCUT2D eigenvalue weighted by Gasteiger charge is 2.19. The summed E-state index contributed by atoms with van der Waals surface area (Å²) in [6, 6.07) is 8.90. The van der Waals surface area contributed by atoms with Gasteiger partial charge in [0.05, 0.1) is 16.8 Å². The number of hydrogen-bond acceptors (Lipinski definition) is 5. The number of aryl methyl sites for hydroxylation is 1. The summed E-state index contributed by atoms with van der Waals surface area (Å²) in [5.74, 6) is -0.180. The molecule has 0 fully saturated rings. The van der Waals surface area contributed by atoms with Crippen LogP contribution in [-0.4, -0.2) is 54.8 Å². The maximum absolute atomic E-state index is 12.9. The summed E-state index contributed by atoms with van der Waals surface area (Å²) in [6.45, 7) is 13.3. The van der Waals surface area contributed by atoms with Crippen LogP contribution < -0.4 is 15.5 Å². The molecular formula is C26H35N5O3. The lowest BCUT2D eigenvalue weighted by Crippen LogP contribution is -2.30. The molecule has 0 aliphatic heterocycles. The van der Waals surface area contributed by atoms with E-state index in [2.05, 4.69) is 22.2 Å². The number of pyridine rings is 1. The molecule has 3 amide bonds. The van der Waals surface area contributed by atoms with Crippen molar-refractivity contribution in [3.05, 3.63) is 65.6 Å². The van der Waals surface area contributed by atoms with Crippen LogP contribution in [0.3, 0.4) is 0 Å². The van der Waals surface area contributed by atoms with Crippen molar-refractivity contribution in [3.8, 4) is 0 Å². The number of anilines is 2. The highest BCUT2D eigenvalue weighted by Crippen LogP contribution is 2.26. The second-order valence-electron chi connectivity index (χ2n) is 8.38. The van der Waals surface area contributed by atoms with Crippen molar-refractivity contribution < 1.29 is 14.4 Å². The molecule has 2 rings (SSSR count). The summed E-state index contributed by atoms with van der Waals surface area (Å²) in [6.07, 6.45) is 2.92. The Hall–Kier alpha value is -3.68. The van der Waals surface area contributed by atoms with Gasteiger partial charge in [-0.15, -0.1) is 0 Å². The van der Waals surface area contributed by atoms with Gasteiger partial charge in [0, 0.05) is 50.0 Å². The van der Waals surface area contributed by atoms with E-state index in [0.29, 0.717) is 48.6 Å². The lowest BCUT2D eigenvalue weighted by Gasteiger charge is -2.23. The summed E-state index contributed by atoms with van der Waals surface area (Å²) >= 11 is 0. The number of carbonyl (C=O) groups is 3. The number of allylic oxidation sites excluding steroid dienone is 1.